The van der Waals surface area contributed by atoms with Gasteiger partial charge in [-0.25, -0.2) is 9.78 Å². The Labute approximate surface area is 105 Å². The van der Waals surface area contributed by atoms with Gasteiger partial charge in [0.1, 0.15) is 0 Å². The summed E-state index contributed by atoms with van der Waals surface area (Å²) in [6, 6.07) is 3.79. The van der Waals surface area contributed by atoms with E-state index in [1.165, 1.54) is 22.9 Å². The van der Waals surface area contributed by atoms with Gasteiger partial charge in [0.25, 0.3) is 0 Å². The van der Waals surface area contributed by atoms with Gasteiger partial charge < -0.3 is 5.11 Å². The van der Waals surface area contributed by atoms with Crippen LogP contribution in [0.2, 0.25) is 0 Å². The maximum atomic E-state index is 11.1. The molecule has 1 aliphatic carbocycles. The Hall–Kier alpha value is -1.29. The SMILES string of the molecule is CSc1ccc(C2=C(C)CCC2)nc1C(=O)O. The average Bonchev–Trinajstić information content (AvgIpc) is 2.74. The third kappa shape index (κ3) is 2.36. The molecule has 0 saturated carbocycles. The van der Waals surface area contributed by atoms with Gasteiger partial charge in [0.2, 0.25) is 0 Å². The van der Waals surface area contributed by atoms with Crippen LogP contribution in [-0.4, -0.2) is 22.3 Å². The molecule has 2 rings (SSSR count). The molecule has 17 heavy (non-hydrogen) atoms. The first kappa shape index (κ1) is 12.2. The number of hydrogen-bond acceptors (Lipinski definition) is 3. The van der Waals surface area contributed by atoms with Gasteiger partial charge in [-0.05, 0) is 50.1 Å². The van der Waals surface area contributed by atoms with Gasteiger partial charge in [-0.2, -0.15) is 0 Å². The summed E-state index contributed by atoms with van der Waals surface area (Å²) in [5.74, 6) is -0.951. The van der Waals surface area contributed by atoms with Gasteiger partial charge in [-0.3, -0.25) is 0 Å². The van der Waals surface area contributed by atoms with Crippen molar-refractivity contribution in [1.82, 2.24) is 4.98 Å². The topological polar surface area (TPSA) is 50.2 Å². The van der Waals surface area contributed by atoms with E-state index in [1.54, 1.807) is 0 Å². The molecule has 0 aliphatic heterocycles. The molecule has 0 unspecified atom stereocenters. The molecule has 4 heteroatoms. The average molecular weight is 249 g/mol. The molecule has 0 saturated heterocycles. The van der Waals surface area contributed by atoms with Gasteiger partial charge in [-0.15, -0.1) is 11.8 Å². The van der Waals surface area contributed by atoms with E-state index in [2.05, 4.69) is 11.9 Å². The van der Waals surface area contributed by atoms with Gasteiger partial charge >= 0.3 is 5.97 Å². The molecule has 0 bridgehead atoms. The number of pyridine rings is 1. The van der Waals surface area contributed by atoms with Crippen molar-refractivity contribution < 1.29 is 9.90 Å². The van der Waals surface area contributed by atoms with E-state index in [-0.39, 0.29) is 5.69 Å². The predicted octanol–water partition coefficient (Wildman–Crippen LogP) is 3.46. The molecule has 0 fully saturated rings. The highest BCUT2D eigenvalue weighted by Gasteiger charge is 2.17. The highest BCUT2D eigenvalue weighted by atomic mass is 32.2. The van der Waals surface area contributed by atoms with E-state index in [0.29, 0.717) is 0 Å². The Bertz CT molecular complexity index is 494. The molecule has 1 aliphatic rings. The van der Waals surface area contributed by atoms with Crippen molar-refractivity contribution in [1.29, 1.82) is 0 Å². The van der Waals surface area contributed by atoms with Crippen molar-refractivity contribution in [2.24, 2.45) is 0 Å². The van der Waals surface area contributed by atoms with Crippen LogP contribution in [0.1, 0.15) is 42.4 Å². The second-order valence-electron chi connectivity index (χ2n) is 4.16. The summed E-state index contributed by atoms with van der Waals surface area (Å²) in [5.41, 5.74) is 3.56. The molecule has 0 aromatic carbocycles. The zero-order valence-electron chi connectivity index (χ0n) is 9.99. The van der Waals surface area contributed by atoms with Crippen LogP contribution in [-0.2, 0) is 0 Å². The number of rotatable bonds is 3. The number of aromatic nitrogens is 1. The normalized spacial score (nSPS) is 15.4. The van der Waals surface area contributed by atoms with Gasteiger partial charge in [0.05, 0.1) is 5.69 Å². The minimum absolute atomic E-state index is 0.169. The monoisotopic (exact) mass is 249 g/mol. The largest absolute Gasteiger partial charge is 0.476 e. The highest BCUT2D eigenvalue weighted by molar-refractivity contribution is 7.98. The maximum Gasteiger partial charge on any atom is 0.355 e. The molecule has 0 amide bonds. The van der Waals surface area contributed by atoms with E-state index < -0.39 is 5.97 Å². The number of carboxylic acid groups (broad SMARTS) is 1. The van der Waals surface area contributed by atoms with Crippen molar-refractivity contribution in [2.45, 2.75) is 31.1 Å². The van der Waals surface area contributed by atoms with E-state index in [4.69, 9.17) is 5.11 Å². The third-order valence-electron chi connectivity index (χ3n) is 3.08. The fourth-order valence-electron chi connectivity index (χ4n) is 2.17. The summed E-state index contributed by atoms with van der Waals surface area (Å²) < 4.78 is 0. The molecule has 0 atom stereocenters. The minimum atomic E-state index is -0.951. The summed E-state index contributed by atoms with van der Waals surface area (Å²) in [4.78, 5) is 16.2. The number of hydrogen-bond donors (Lipinski definition) is 1. The first-order chi connectivity index (χ1) is 8.13. The molecule has 1 aromatic rings. The third-order valence-corrected chi connectivity index (χ3v) is 3.85. The van der Waals surface area contributed by atoms with Gasteiger partial charge in [0.15, 0.2) is 5.69 Å². The zero-order valence-corrected chi connectivity index (χ0v) is 10.8. The lowest BCUT2D eigenvalue weighted by molar-refractivity contribution is 0.0686. The molecule has 90 valence electrons. The molecule has 1 N–H and O–H groups in total. The van der Waals surface area contributed by atoms with Crippen LogP contribution in [0.4, 0.5) is 0 Å². The number of carboxylic acids is 1. The van der Waals surface area contributed by atoms with Crippen LogP contribution in [0.3, 0.4) is 0 Å². The van der Waals surface area contributed by atoms with E-state index in [9.17, 15) is 4.79 Å². The first-order valence-electron chi connectivity index (χ1n) is 5.61. The lowest BCUT2D eigenvalue weighted by Crippen LogP contribution is -2.04. The van der Waals surface area contributed by atoms with Crippen LogP contribution in [0.5, 0.6) is 0 Å². The summed E-state index contributed by atoms with van der Waals surface area (Å²) >= 11 is 1.42. The lowest BCUT2D eigenvalue weighted by Gasteiger charge is -2.07. The van der Waals surface area contributed by atoms with Crippen molar-refractivity contribution in [3.05, 3.63) is 29.1 Å². The van der Waals surface area contributed by atoms with Crippen LogP contribution in [0.15, 0.2) is 22.6 Å². The van der Waals surface area contributed by atoms with Crippen molar-refractivity contribution >= 4 is 23.3 Å². The van der Waals surface area contributed by atoms with Crippen LogP contribution < -0.4 is 0 Å². The van der Waals surface area contributed by atoms with E-state index in [1.807, 2.05) is 18.4 Å². The quantitative estimate of drug-likeness (QED) is 0.833. The van der Waals surface area contributed by atoms with Gasteiger partial charge in [0, 0.05) is 4.90 Å². The number of thioether (sulfide) groups is 1. The second-order valence-corrected chi connectivity index (χ2v) is 5.01. The Kier molecular flexibility index (Phi) is 3.52. The fraction of sp³-hybridized carbons (Fsp3) is 0.385. The fourth-order valence-corrected chi connectivity index (χ4v) is 2.70. The van der Waals surface area contributed by atoms with Crippen LogP contribution in [0.25, 0.3) is 5.57 Å². The van der Waals surface area contributed by atoms with Crippen molar-refractivity contribution in [2.75, 3.05) is 6.26 Å². The summed E-state index contributed by atoms with van der Waals surface area (Å²) in [6.45, 7) is 2.10. The Morgan fingerprint density at radius 2 is 2.18 bits per heavy atom. The minimum Gasteiger partial charge on any atom is -0.476 e. The number of nitrogens with zero attached hydrogens (tertiary/aromatic N) is 1. The molecule has 1 aromatic heterocycles. The molecule has 1 heterocycles. The Morgan fingerprint density at radius 3 is 2.71 bits per heavy atom. The Balaban J connectivity index is 2.47. The maximum absolute atomic E-state index is 11.1. The summed E-state index contributed by atoms with van der Waals surface area (Å²) in [6.07, 6.45) is 5.12. The first-order valence-corrected chi connectivity index (χ1v) is 6.83. The molecule has 0 radical (unpaired) electrons. The van der Waals surface area contributed by atoms with E-state index in [0.717, 1.165) is 29.9 Å². The number of carbonyl (C=O) groups is 1. The second kappa shape index (κ2) is 4.92. The number of allylic oxidation sites excluding steroid dienone is 2. The van der Waals surface area contributed by atoms with Crippen LogP contribution in [0, 0.1) is 0 Å². The van der Waals surface area contributed by atoms with Crippen molar-refractivity contribution in [3.63, 3.8) is 0 Å². The predicted molar refractivity (Wildman–Crippen MR) is 69.4 cm³/mol. The van der Waals surface area contributed by atoms with Crippen LogP contribution >= 0.6 is 11.8 Å². The number of aromatic carboxylic acids is 1. The summed E-state index contributed by atoms with van der Waals surface area (Å²) in [7, 11) is 0. The zero-order chi connectivity index (χ0) is 12.4. The highest BCUT2D eigenvalue weighted by Crippen LogP contribution is 2.33. The molecule has 3 nitrogen and oxygen atoms in total. The van der Waals surface area contributed by atoms with Crippen molar-refractivity contribution in [3.8, 4) is 0 Å². The molecular formula is C13H15NO2S. The summed E-state index contributed by atoms with van der Waals surface area (Å²) in [5, 5.41) is 9.14. The van der Waals surface area contributed by atoms with E-state index >= 15 is 0 Å². The Morgan fingerprint density at radius 1 is 1.41 bits per heavy atom. The standard InChI is InChI=1S/C13H15NO2S/c1-8-4-3-5-9(8)10-6-7-11(17-2)12(14-10)13(15)16/h6-7H,3-5H2,1-2H3,(H,15,16). The van der Waals surface area contributed by atoms with Gasteiger partial charge in [-0.1, -0.05) is 5.57 Å². The lowest BCUT2D eigenvalue weighted by atomic mass is 10.1. The smallest absolute Gasteiger partial charge is 0.355 e. The molecule has 0 spiro atoms. The molecular weight excluding hydrogens is 234 g/mol.